The molecule has 0 saturated heterocycles. The van der Waals surface area contributed by atoms with E-state index in [0.717, 1.165) is 71.3 Å². The Morgan fingerprint density at radius 2 is 1.53 bits per heavy atom. The number of nitrogens with zero attached hydrogens (tertiary/aromatic N) is 2. The predicted molar refractivity (Wildman–Crippen MR) is 147 cm³/mol. The van der Waals surface area contributed by atoms with E-state index in [9.17, 15) is 0 Å². The summed E-state index contributed by atoms with van der Waals surface area (Å²) >= 11 is 1.61. The molecule has 34 heavy (non-hydrogen) atoms. The summed E-state index contributed by atoms with van der Waals surface area (Å²) in [4.78, 5) is 6.51. The first-order chi connectivity index (χ1) is 15.9. The third-order valence-electron chi connectivity index (χ3n) is 5.19. The van der Waals surface area contributed by atoms with Gasteiger partial charge in [0.15, 0.2) is 0 Å². The van der Waals surface area contributed by atoms with Crippen molar-refractivity contribution in [2.75, 3.05) is 54.0 Å². The van der Waals surface area contributed by atoms with E-state index < -0.39 is 0 Å². The highest BCUT2D eigenvalue weighted by molar-refractivity contribution is 7.13. The zero-order chi connectivity index (χ0) is 24.1. The van der Waals surface area contributed by atoms with Gasteiger partial charge in [-0.05, 0) is 97.2 Å². The third kappa shape index (κ3) is 10.7. The summed E-state index contributed by atoms with van der Waals surface area (Å²) in [5, 5.41) is 0. The normalized spacial score (nSPS) is 10.2. The number of ether oxygens (including phenoxy) is 2. The Morgan fingerprint density at radius 1 is 0.853 bits per heavy atom. The molecule has 5 heteroatoms. The lowest BCUT2D eigenvalue weighted by Gasteiger charge is -2.16. The van der Waals surface area contributed by atoms with Gasteiger partial charge in [-0.15, -0.1) is 17.3 Å². The maximum absolute atomic E-state index is 6.16. The van der Waals surface area contributed by atoms with Crippen LogP contribution in [0.1, 0.15) is 61.4 Å². The number of hydrogen-bond donors (Lipinski definition) is 0. The molecule has 0 amide bonds. The second-order valence-electron chi connectivity index (χ2n) is 8.36. The van der Waals surface area contributed by atoms with Crippen LogP contribution in [0.2, 0.25) is 0 Å². The van der Waals surface area contributed by atoms with Gasteiger partial charge in [0.25, 0.3) is 0 Å². The molecule has 0 atom stereocenters. The lowest BCUT2D eigenvalue weighted by Crippen LogP contribution is -2.20. The lowest BCUT2D eigenvalue weighted by atomic mass is 10.1. The summed E-state index contributed by atoms with van der Waals surface area (Å²) in [5.41, 5.74) is 1.94. The topological polar surface area (TPSA) is 24.9 Å². The number of thiophene rings is 1. The van der Waals surface area contributed by atoms with Gasteiger partial charge < -0.3 is 19.3 Å². The average molecular weight is 483 g/mol. The molecule has 0 radical (unpaired) electrons. The van der Waals surface area contributed by atoms with Crippen LogP contribution < -0.4 is 9.47 Å². The Hall–Kier alpha value is -2.44. The molecule has 4 nitrogen and oxygen atoms in total. The van der Waals surface area contributed by atoms with Crippen LogP contribution in [0.3, 0.4) is 0 Å². The van der Waals surface area contributed by atoms with Crippen LogP contribution in [0.15, 0.2) is 24.3 Å². The van der Waals surface area contributed by atoms with Crippen molar-refractivity contribution in [1.29, 1.82) is 0 Å². The van der Waals surface area contributed by atoms with E-state index in [-0.39, 0.29) is 7.43 Å². The first-order valence-corrected chi connectivity index (χ1v) is 12.5. The summed E-state index contributed by atoms with van der Waals surface area (Å²) in [6.07, 6.45) is 3.12. The van der Waals surface area contributed by atoms with E-state index in [1.54, 1.807) is 11.3 Å². The van der Waals surface area contributed by atoms with Crippen LogP contribution in [-0.2, 0) is 0 Å². The van der Waals surface area contributed by atoms with Crippen molar-refractivity contribution < 1.29 is 9.47 Å². The summed E-state index contributed by atoms with van der Waals surface area (Å²) in [6.45, 7) is 10.6. The molecule has 0 aliphatic heterocycles. The van der Waals surface area contributed by atoms with Crippen LogP contribution in [-0.4, -0.2) is 63.8 Å². The maximum atomic E-state index is 6.16. The van der Waals surface area contributed by atoms with E-state index >= 15 is 0 Å². The Morgan fingerprint density at radius 3 is 2.21 bits per heavy atom. The molecule has 2 aromatic rings. The standard InChI is InChI=1S/C28H38N2O2S.CH4/c1-7-12-25-15-16-26(33-25)14-13-24-22-27(31-19-10-9-17-29(4)5)23(3)21-28(24)32-20-11-18-30(6)8-2;/h15-16,21-22H,8-11,17-20H2,1-6H3;1H4. The van der Waals surface area contributed by atoms with Gasteiger partial charge in [0.1, 0.15) is 11.5 Å². The van der Waals surface area contributed by atoms with Gasteiger partial charge >= 0.3 is 0 Å². The van der Waals surface area contributed by atoms with E-state index in [2.05, 4.69) is 74.5 Å². The van der Waals surface area contributed by atoms with Crippen molar-refractivity contribution in [1.82, 2.24) is 9.80 Å². The SMILES string of the molecule is C.CC#Cc1ccc(C#Cc2cc(OCCCCN(C)C)c(C)cc2OCCCN(C)CC)s1. The fourth-order valence-corrected chi connectivity index (χ4v) is 3.91. The molecule has 2 rings (SSSR count). The fourth-order valence-electron chi connectivity index (χ4n) is 3.15. The number of aryl methyl sites for hydroxylation is 1. The van der Waals surface area contributed by atoms with Crippen LogP contribution in [0.25, 0.3) is 0 Å². The molecule has 186 valence electrons. The minimum absolute atomic E-state index is 0. The summed E-state index contributed by atoms with van der Waals surface area (Å²) in [5.74, 6) is 14.3. The second-order valence-corrected chi connectivity index (χ2v) is 9.44. The van der Waals surface area contributed by atoms with Crippen molar-refractivity contribution in [2.24, 2.45) is 0 Å². The Balaban J connectivity index is 0.00000578. The van der Waals surface area contributed by atoms with Crippen LogP contribution >= 0.6 is 11.3 Å². The third-order valence-corrected chi connectivity index (χ3v) is 6.11. The number of benzene rings is 1. The predicted octanol–water partition coefficient (Wildman–Crippen LogP) is 5.91. The molecule has 0 fully saturated rings. The van der Waals surface area contributed by atoms with Gasteiger partial charge in [-0.3, -0.25) is 0 Å². The molecule has 0 saturated carbocycles. The Bertz CT molecular complexity index is 989. The molecule has 0 N–H and O–H groups in total. The van der Waals surface area contributed by atoms with Crippen molar-refractivity contribution >= 4 is 11.3 Å². The molecule has 1 heterocycles. The Labute approximate surface area is 212 Å². The highest BCUT2D eigenvalue weighted by atomic mass is 32.1. The van der Waals surface area contributed by atoms with Crippen LogP contribution in [0, 0.1) is 30.6 Å². The molecule has 0 aliphatic carbocycles. The molecule has 1 aromatic carbocycles. The summed E-state index contributed by atoms with van der Waals surface area (Å²) in [6, 6.07) is 8.13. The van der Waals surface area contributed by atoms with Gasteiger partial charge in [-0.1, -0.05) is 32.1 Å². The van der Waals surface area contributed by atoms with E-state index in [4.69, 9.17) is 9.47 Å². The maximum Gasteiger partial charge on any atom is 0.135 e. The van der Waals surface area contributed by atoms with Crippen molar-refractivity contribution in [3.05, 3.63) is 45.1 Å². The van der Waals surface area contributed by atoms with Gasteiger partial charge in [-0.25, -0.2) is 0 Å². The Kier molecular flexibility index (Phi) is 14.1. The van der Waals surface area contributed by atoms with Gasteiger partial charge in [0.05, 0.1) is 28.5 Å². The number of rotatable bonds is 12. The number of hydrogen-bond acceptors (Lipinski definition) is 5. The van der Waals surface area contributed by atoms with E-state index in [1.165, 1.54) is 0 Å². The van der Waals surface area contributed by atoms with E-state index in [0.29, 0.717) is 13.2 Å². The van der Waals surface area contributed by atoms with E-state index in [1.807, 2.05) is 25.1 Å². The van der Waals surface area contributed by atoms with Gasteiger partial charge in [-0.2, -0.15) is 0 Å². The van der Waals surface area contributed by atoms with Crippen molar-refractivity contribution in [3.63, 3.8) is 0 Å². The zero-order valence-electron chi connectivity index (χ0n) is 21.1. The summed E-state index contributed by atoms with van der Waals surface area (Å²) in [7, 11) is 6.32. The average Bonchev–Trinajstić information content (AvgIpc) is 3.24. The van der Waals surface area contributed by atoms with Crippen LogP contribution in [0.5, 0.6) is 11.5 Å². The molecule has 0 aliphatic rings. The van der Waals surface area contributed by atoms with Gasteiger partial charge in [0.2, 0.25) is 0 Å². The molecular formula is C29H42N2O2S. The second kappa shape index (κ2) is 16.2. The first kappa shape index (κ1) is 29.6. The lowest BCUT2D eigenvalue weighted by molar-refractivity contribution is 0.266. The monoisotopic (exact) mass is 482 g/mol. The molecule has 0 spiro atoms. The quantitative estimate of drug-likeness (QED) is 0.278. The van der Waals surface area contributed by atoms with Crippen molar-refractivity contribution in [3.8, 4) is 35.2 Å². The fraction of sp³-hybridized carbons (Fsp3) is 0.517. The summed E-state index contributed by atoms with van der Waals surface area (Å²) < 4.78 is 12.3. The highest BCUT2D eigenvalue weighted by Gasteiger charge is 2.09. The molecule has 1 aromatic heterocycles. The minimum Gasteiger partial charge on any atom is -0.493 e. The van der Waals surface area contributed by atoms with Crippen molar-refractivity contribution in [2.45, 2.75) is 47.5 Å². The zero-order valence-corrected chi connectivity index (χ0v) is 21.9. The smallest absolute Gasteiger partial charge is 0.135 e. The molecule has 0 unspecified atom stereocenters. The highest BCUT2D eigenvalue weighted by Crippen LogP contribution is 2.29. The number of unbranched alkanes of at least 4 members (excludes halogenated alkanes) is 1. The minimum atomic E-state index is 0. The molecular weight excluding hydrogens is 440 g/mol. The van der Waals surface area contributed by atoms with Gasteiger partial charge in [0, 0.05) is 6.54 Å². The first-order valence-electron chi connectivity index (χ1n) is 11.7. The van der Waals surface area contributed by atoms with Crippen LogP contribution in [0.4, 0.5) is 0 Å². The molecule has 0 bridgehead atoms. The largest absolute Gasteiger partial charge is 0.493 e.